The summed E-state index contributed by atoms with van der Waals surface area (Å²) in [6.07, 6.45) is 3.34. The number of azide groups is 1. The fourth-order valence-electron chi connectivity index (χ4n) is 2.76. The highest BCUT2D eigenvalue weighted by molar-refractivity contribution is 7.17. The van der Waals surface area contributed by atoms with Crippen LogP contribution < -0.4 is 0 Å². The second-order valence-corrected chi connectivity index (χ2v) is 7.64. The van der Waals surface area contributed by atoms with Gasteiger partial charge in [0.05, 0.1) is 19.1 Å². The van der Waals surface area contributed by atoms with Gasteiger partial charge in [0.25, 0.3) is 0 Å². The fourth-order valence-corrected chi connectivity index (χ4v) is 3.69. The molecule has 8 heteroatoms. The van der Waals surface area contributed by atoms with Crippen molar-refractivity contribution in [3.8, 4) is 0 Å². The lowest BCUT2D eigenvalue weighted by Crippen LogP contribution is -2.41. The lowest BCUT2D eigenvalue weighted by atomic mass is 10.1. The maximum absolute atomic E-state index is 12.5. The minimum Gasteiger partial charge on any atom is -0.444 e. The Kier molecular flexibility index (Phi) is 4.65. The molecule has 130 valence electrons. The maximum Gasteiger partial charge on any atom is 0.411 e. The molecule has 1 aliphatic rings. The molecule has 2 aromatic rings. The molecule has 25 heavy (non-hydrogen) atoms. The first kappa shape index (κ1) is 17.3. The van der Waals surface area contributed by atoms with E-state index in [2.05, 4.69) is 15.0 Å². The summed E-state index contributed by atoms with van der Waals surface area (Å²) in [6.45, 7) is 6.09. The number of carbonyl (C=O) groups excluding carboxylic acids is 1. The van der Waals surface area contributed by atoms with Crippen LogP contribution in [0.15, 0.2) is 34.9 Å². The summed E-state index contributed by atoms with van der Waals surface area (Å²) in [7, 11) is 0. The number of amides is 1. The number of ether oxygens (including phenoxy) is 1. The predicted molar refractivity (Wildman–Crippen MR) is 98.3 cm³/mol. The van der Waals surface area contributed by atoms with E-state index in [1.807, 2.05) is 44.4 Å². The van der Waals surface area contributed by atoms with Gasteiger partial charge in [-0.05, 0) is 49.6 Å². The Hall–Kier alpha value is -2.57. The Morgan fingerprint density at radius 2 is 2.36 bits per heavy atom. The zero-order valence-electron chi connectivity index (χ0n) is 14.3. The molecule has 0 radical (unpaired) electrons. The quantitative estimate of drug-likeness (QED) is 0.456. The summed E-state index contributed by atoms with van der Waals surface area (Å²) in [5.41, 5.74) is 10.1. The molecule has 0 spiro atoms. The second kappa shape index (κ2) is 6.74. The van der Waals surface area contributed by atoms with E-state index in [1.165, 1.54) is 0 Å². The highest BCUT2D eigenvalue weighted by Crippen LogP contribution is 2.34. The van der Waals surface area contributed by atoms with Crippen LogP contribution in [0.3, 0.4) is 0 Å². The molecular formula is C17H19N5O2S. The molecule has 0 aliphatic carbocycles. The molecule has 3 rings (SSSR count). The zero-order chi connectivity index (χ0) is 18.0. The average Bonchev–Trinajstić information content (AvgIpc) is 3.15. The van der Waals surface area contributed by atoms with Crippen molar-refractivity contribution in [2.24, 2.45) is 5.11 Å². The number of hydrogen-bond donors (Lipinski definition) is 0. The van der Waals surface area contributed by atoms with Gasteiger partial charge < -0.3 is 4.74 Å². The van der Waals surface area contributed by atoms with Crippen LogP contribution in [0, 0.1) is 0 Å². The first-order valence-electron chi connectivity index (χ1n) is 7.93. The number of hydrogen-bond acceptors (Lipinski definition) is 5. The van der Waals surface area contributed by atoms with E-state index in [0.29, 0.717) is 6.54 Å². The monoisotopic (exact) mass is 357 g/mol. The molecule has 0 fully saturated rings. The van der Waals surface area contributed by atoms with E-state index in [1.54, 1.807) is 22.4 Å². The van der Waals surface area contributed by atoms with Crippen molar-refractivity contribution >= 4 is 33.2 Å². The number of fused-ring (bicyclic) bond motifs is 1. The van der Waals surface area contributed by atoms with Crippen LogP contribution in [0.5, 0.6) is 0 Å². The van der Waals surface area contributed by atoms with Gasteiger partial charge in [0.15, 0.2) is 0 Å². The minimum absolute atomic E-state index is 0.180. The van der Waals surface area contributed by atoms with Gasteiger partial charge in [0.2, 0.25) is 0 Å². The molecule has 0 aromatic carbocycles. The third-order valence-electron chi connectivity index (χ3n) is 3.79. The Morgan fingerprint density at radius 1 is 1.56 bits per heavy atom. The highest BCUT2D eigenvalue weighted by Gasteiger charge is 2.33. The summed E-state index contributed by atoms with van der Waals surface area (Å²) >= 11 is 1.57. The number of thiophene rings is 1. The van der Waals surface area contributed by atoms with E-state index in [-0.39, 0.29) is 12.6 Å². The third kappa shape index (κ3) is 3.75. The van der Waals surface area contributed by atoms with Crippen LogP contribution in [0.2, 0.25) is 0 Å². The van der Waals surface area contributed by atoms with Crippen molar-refractivity contribution in [1.29, 1.82) is 0 Å². The molecule has 0 saturated carbocycles. The Bertz CT molecular complexity index is 877. The summed E-state index contributed by atoms with van der Waals surface area (Å²) < 4.78 is 5.49. The van der Waals surface area contributed by atoms with Crippen molar-refractivity contribution in [3.63, 3.8) is 0 Å². The molecule has 0 saturated heterocycles. The molecule has 1 aliphatic heterocycles. The Labute approximate surface area is 149 Å². The molecular weight excluding hydrogens is 338 g/mol. The number of aromatic nitrogens is 1. The van der Waals surface area contributed by atoms with Crippen molar-refractivity contribution in [1.82, 2.24) is 9.88 Å². The van der Waals surface area contributed by atoms with Gasteiger partial charge in [0, 0.05) is 21.9 Å². The third-order valence-corrected chi connectivity index (χ3v) is 4.69. The molecule has 7 nitrogen and oxygen atoms in total. The summed E-state index contributed by atoms with van der Waals surface area (Å²) in [5, 5.41) is 6.75. The van der Waals surface area contributed by atoms with E-state index >= 15 is 0 Å². The van der Waals surface area contributed by atoms with Crippen molar-refractivity contribution in [2.45, 2.75) is 32.4 Å². The summed E-state index contributed by atoms with van der Waals surface area (Å²) in [4.78, 5) is 22.3. The molecule has 0 N–H and O–H groups in total. The van der Waals surface area contributed by atoms with Crippen molar-refractivity contribution in [2.75, 3.05) is 13.1 Å². The van der Waals surface area contributed by atoms with Gasteiger partial charge in [-0.15, -0.1) is 11.3 Å². The zero-order valence-corrected chi connectivity index (χ0v) is 15.2. The first-order valence-corrected chi connectivity index (χ1v) is 8.81. The van der Waals surface area contributed by atoms with Gasteiger partial charge in [0.1, 0.15) is 10.4 Å². The van der Waals surface area contributed by atoms with E-state index in [4.69, 9.17) is 10.3 Å². The molecule has 1 amide bonds. The number of nitrogens with zero attached hydrogens (tertiary/aromatic N) is 5. The lowest BCUT2D eigenvalue weighted by Gasteiger charge is -2.28. The van der Waals surface area contributed by atoms with Crippen LogP contribution >= 0.6 is 11.3 Å². The summed E-state index contributed by atoms with van der Waals surface area (Å²) in [5.74, 6) is 0. The Balaban J connectivity index is 1.91. The van der Waals surface area contributed by atoms with Crippen LogP contribution in [0.1, 0.15) is 26.3 Å². The van der Waals surface area contributed by atoms with Crippen LogP contribution in [0.4, 0.5) is 4.79 Å². The lowest BCUT2D eigenvalue weighted by molar-refractivity contribution is 0.0249. The van der Waals surface area contributed by atoms with Gasteiger partial charge in [-0.25, -0.2) is 9.78 Å². The van der Waals surface area contributed by atoms with Crippen molar-refractivity contribution < 1.29 is 9.53 Å². The van der Waals surface area contributed by atoms with E-state index in [9.17, 15) is 4.79 Å². The SMILES string of the molecule is CC(C)(C)OC(=O)N1CC(c2csc3ncccc23)=CC1CN=[N+]=[N-]. The number of pyridine rings is 1. The molecule has 0 bridgehead atoms. The maximum atomic E-state index is 12.5. The van der Waals surface area contributed by atoms with Gasteiger partial charge in [-0.2, -0.15) is 0 Å². The minimum atomic E-state index is -0.581. The van der Waals surface area contributed by atoms with Crippen LogP contribution in [-0.2, 0) is 4.74 Å². The van der Waals surface area contributed by atoms with Gasteiger partial charge in [-0.1, -0.05) is 11.2 Å². The largest absolute Gasteiger partial charge is 0.444 e. The molecule has 1 unspecified atom stereocenters. The standard InChI is InChI=1S/C17H19N5O2S/c1-17(2,3)24-16(23)22-9-11(7-12(22)8-20-21-18)14-10-25-15-13(14)5-4-6-19-15/h4-7,10,12H,8-9H2,1-3H3. The van der Waals surface area contributed by atoms with E-state index < -0.39 is 11.7 Å². The normalized spacial score (nSPS) is 17.3. The van der Waals surface area contributed by atoms with Gasteiger partial charge in [-0.3, -0.25) is 4.90 Å². The average molecular weight is 357 g/mol. The second-order valence-electron chi connectivity index (χ2n) is 6.79. The molecule has 3 heterocycles. The van der Waals surface area contributed by atoms with Crippen LogP contribution in [0.25, 0.3) is 26.2 Å². The summed E-state index contributed by atoms with van der Waals surface area (Å²) in [6, 6.07) is 3.61. The Morgan fingerprint density at radius 3 is 3.08 bits per heavy atom. The number of carbonyl (C=O) groups is 1. The smallest absolute Gasteiger partial charge is 0.411 e. The molecule has 2 aromatic heterocycles. The van der Waals surface area contributed by atoms with Gasteiger partial charge >= 0.3 is 6.09 Å². The highest BCUT2D eigenvalue weighted by atomic mass is 32.1. The predicted octanol–water partition coefficient (Wildman–Crippen LogP) is 4.61. The topological polar surface area (TPSA) is 91.2 Å². The molecule has 1 atom stereocenters. The fraction of sp³-hybridized carbons (Fsp3) is 0.412. The van der Waals surface area contributed by atoms with E-state index in [0.717, 1.165) is 21.4 Å². The van der Waals surface area contributed by atoms with Crippen molar-refractivity contribution in [3.05, 3.63) is 45.8 Å². The first-order chi connectivity index (χ1) is 11.9. The number of rotatable bonds is 3. The van der Waals surface area contributed by atoms with Crippen LogP contribution in [-0.4, -0.2) is 40.7 Å².